The topological polar surface area (TPSA) is 57.6 Å². The maximum Gasteiger partial charge on any atom is 0.295 e. The van der Waals surface area contributed by atoms with Crippen molar-refractivity contribution in [3.8, 4) is 0 Å². The molecule has 0 aliphatic carbocycles. The first kappa shape index (κ1) is 23.8. The van der Waals surface area contributed by atoms with Crippen LogP contribution in [-0.2, 0) is 15.0 Å². The van der Waals surface area contributed by atoms with E-state index in [0.717, 1.165) is 23.1 Å². The molecule has 0 saturated carbocycles. The normalized spacial score (nSPS) is 18.6. The fourth-order valence-corrected chi connectivity index (χ4v) is 4.25. The molecule has 3 rings (SSSR count). The van der Waals surface area contributed by atoms with Crippen molar-refractivity contribution in [2.75, 3.05) is 6.54 Å². The molecule has 1 unspecified atom stereocenters. The summed E-state index contributed by atoms with van der Waals surface area (Å²) in [6.45, 7) is 14.9. The van der Waals surface area contributed by atoms with Gasteiger partial charge >= 0.3 is 0 Å². The Kier molecular flexibility index (Phi) is 6.64. The van der Waals surface area contributed by atoms with E-state index in [9.17, 15) is 14.7 Å². The molecular formula is C28H35NO3. The molecule has 0 spiro atoms. The Morgan fingerprint density at radius 3 is 2.22 bits per heavy atom. The quantitative estimate of drug-likeness (QED) is 0.344. The number of ketones is 1. The zero-order valence-corrected chi connectivity index (χ0v) is 20.3. The lowest BCUT2D eigenvalue weighted by molar-refractivity contribution is -0.139. The minimum Gasteiger partial charge on any atom is -0.507 e. The molecule has 1 amide bonds. The largest absolute Gasteiger partial charge is 0.507 e. The van der Waals surface area contributed by atoms with Gasteiger partial charge in [0.2, 0.25) is 0 Å². The molecule has 1 saturated heterocycles. The minimum atomic E-state index is -0.616. The fourth-order valence-electron chi connectivity index (χ4n) is 4.25. The lowest BCUT2D eigenvalue weighted by Gasteiger charge is -2.26. The van der Waals surface area contributed by atoms with Crippen LogP contribution in [0.4, 0.5) is 0 Å². The van der Waals surface area contributed by atoms with Gasteiger partial charge in [-0.1, -0.05) is 77.9 Å². The summed E-state index contributed by atoms with van der Waals surface area (Å²) in [6, 6.07) is 13.4. The van der Waals surface area contributed by atoms with Crippen molar-refractivity contribution in [2.24, 2.45) is 0 Å². The summed E-state index contributed by atoms with van der Waals surface area (Å²) in [5.41, 5.74) is 4.63. The Morgan fingerprint density at radius 2 is 1.69 bits per heavy atom. The molecule has 32 heavy (non-hydrogen) atoms. The van der Waals surface area contributed by atoms with E-state index < -0.39 is 17.7 Å². The van der Waals surface area contributed by atoms with E-state index in [0.29, 0.717) is 18.0 Å². The first-order valence-corrected chi connectivity index (χ1v) is 11.5. The van der Waals surface area contributed by atoms with Crippen LogP contribution in [0.3, 0.4) is 0 Å². The number of benzene rings is 2. The Hall–Kier alpha value is -2.88. The summed E-state index contributed by atoms with van der Waals surface area (Å²) in [7, 11) is 0. The monoisotopic (exact) mass is 433 g/mol. The second kappa shape index (κ2) is 8.93. The summed E-state index contributed by atoms with van der Waals surface area (Å²) in [6.07, 6.45) is 0.728. The van der Waals surface area contributed by atoms with E-state index in [-0.39, 0.29) is 16.7 Å². The van der Waals surface area contributed by atoms with E-state index in [1.54, 1.807) is 4.90 Å². The van der Waals surface area contributed by atoms with Crippen LogP contribution in [0.2, 0.25) is 0 Å². The fraction of sp³-hybridized carbons (Fsp3) is 0.429. The summed E-state index contributed by atoms with van der Waals surface area (Å²) in [5.74, 6) is -0.872. The Bertz CT molecular complexity index is 1060. The Labute approximate surface area is 192 Å². The predicted molar refractivity (Wildman–Crippen MR) is 130 cm³/mol. The van der Waals surface area contributed by atoms with Crippen molar-refractivity contribution in [3.63, 3.8) is 0 Å². The Balaban J connectivity index is 2.22. The highest BCUT2D eigenvalue weighted by molar-refractivity contribution is 6.46. The van der Waals surface area contributed by atoms with Crippen molar-refractivity contribution in [2.45, 2.75) is 72.3 Å². The average Bonchev–Trinajstić information content (AvgIpc) is 2.98. The van der Waals surface area contributed by atoms with E-state index in [1.165, 1.54) is 5.56 Å². The molecule has 0 aromatic heterocycles. The van der Waals surface area contributed by atoms with Gasteiger partial charge in [-0.2, -0.15) is 0 Å². The molecule has 1 atom stereocenters. The van der Waals surface area contributed by atoms with Gasteiger partial charge in [-0.3, -0.25) is 9.59 Å². The molecule has 4 nitrogen and oxygen atoms in total. The van der Waals surface area contributed by atoms with Gasteiger partial charge in [-0.15, -0.1) is 0 Å². The molecule has 1 aliphatic heterocycles. The number of carbonyl (C=O) groups is 2. The van der Waals surface area contributed by atoms with Crippen LogP contribution in [0.5, 0.6) is 0 Å². The van der Waals surface area contributed by atoms with Gasteiger partial charge in [0, 0.05) is 12.1 Å². The van der Waals surface area contributed by atoms with Crippen LogP contribution < -0.4 is 0 Å². The smallest absolute Gasteiger partial charge is 0.295 e. The number of rotatable bonds is 5. The van der Waals surface area contributed by atoms with Gasteiger partial charge < -0.3 is 10.0 Å². The molecule has 1 fully saturated rings. The number of Topliss-reactive ketones (excluding diaryl/α,β-unsaturated/α-hetero) is 1. The zero-order chi connectivity index (χ0) is 23.8. The van der Waals surface area contributed by atoms with Crippen LogP contribution >= 0.6 is 0 Å². The molecule has 170 valence electrons. The predicted octanol–water partition coefficient (Wildman–Crippen LogP) is 6.25. The maximum absolute atomic E-state index is 13.1. The molecule has 1 N–H and O–H groups in total. The third kappa shape index (κ3) is 4.36. The minimum absolute atomic E-state index is 0.0940. The highest BCUT2D eigenvalue weighted by Gasteiger charge is 2.45. The number of aliphatic hydroxyl groups is 1. The molecule has 4 heteroatoms. The first-order valence-electron chi connectivity index (χ1n) is 11.5. The lowest BCUT2D eigenvalue weighted by atomic mass is 9.84. The van der Waals surface area contributed by atoms with Crippen LogP contribution in [0.25, 0.3) is 5.76 Å². The van der Waals surface area contributed by atoms with Gasteiger partial charge in [-0.25, -0.2) is 0 Å². The van der Waals surface area contributed by atoms with Crippen LogP contribution in [0.15, 0.2) is 48.0 Å². The highest BCUT2D eigenvalue weighted by atomic mass is 16.3. The molecule has 1 heterocycles. The van der Waals surface area contributed by atoms with E-state index >= 15 is 0 Å². The zero-order valence-electron chi connectivity index (χ0n) is 20.3. The van der Waals surface area contributed by atoms with Crippen molar-refractivity contribution < 1.29 is 14.7 Å². The number of hydrogen-bond acceptors (Lipinski definition) is 3. The van der Waals surface area contributed by atoms with Gasteiger partial charge in [0.05, 0.1) is 11.6 Å². The molecule has 0 radical (unpaired) electrons. The van der Waals surface area contributed by atoms with Crippen LogP contribution in [0, 0.1) is 6.92 Å². The Morgan fingerprint density at radius 1 is 1.06 bits per heavy atom. The molecule has 2 aromatic rings. The number of carbonyl (C=O) groups excluding carboxylic acids is 2. The summed E-state index contributed by atoms with van der Waals surface area (Å²) in [5, 5.41) is 11.4. The molecular weight excluding hydrogens is 398 g/mol. The SMILES string of the molecule is CCCN1C(=O)C(=O)/C(=C(/O)c2cc(C(C)(C)C)ccc2C)C1c1ccc(C(C)C)cc1. The maximum atomic E-state index is 13.1. The third-order valence-corrected chi connectivity index (χ3v) is 6.28. The second-order valence-corrected chi connectivity index (χ2v) is 10.1. The van der Waals surface area contributed by atoms with E-state index in [1.807, 2.05) is 56.3 Å². The van der Waals surface area contributed by atoms with Crippen molar-refractivity contribution in [3.05, 3.63) is 75.9 Å². The standard InChI is InChI=1S/C28H35NO3/c1-8-15-29-24(20-12-10-19(11-13-20)17(2)3)23(26(31)27(29)32)25(30)22-16-21(28(5,6)7)14-9-18(22)4/h9-14,16-17,24,30H,8,15H2,1-7H3/b25-23+. The second-order valence-electron chi connectivity index (χ2n) is 10.1. The van der Waals surface area contributed by atoms with Crippen molar-refractivity contribution >= 4 is 17.4 Å². The third-order valence-electron chi connectivity index (χ3n) is 6.28. The van der Waals surface area contributed by atoms with E-state index in [4.69, 9.17) is 0 Å². The number of hydrogen-bond donors (Lipinski definition) is 1. The highest BCUT2D eigenvalue weighted by Crippen LogP contribution is 2.40. The summed E-state index contributed by atoms with van der Waals surface area (Å²) >= 11 is 0. The van der Waals surface area contributed by atoms with Crippen molar-refractivity contribution in [1.82, 2.24) is 4.90 Å². The van der Waals surface area contributed by atoms with Crippen molar-refractivity contribution in [1.29, 1.82) is 0 Å². The first-order chi connectivity index (χ1) is 15.0. The number of aliphatic hydroxyl groups excluding tert-OH is 1. The van der Waals surface area contributed by atoms with Gasteiger partial charge in [0.1, 0.15) is 5.76 Å². The number of likely N-dealkylation sites (tertiary alicyclic amines) is 1. The van der Waals surface area contributed by atoms with Crippen LogP contribution in [0.1, 0.15) is 87.7 Å². The summed E-state index contributed by atoms with van der Waals surface area (Å²) in [4.78, 5) is 27.7. The number of nitrogens with zero attached hydrogens (tertiary/aromatic N) is 1. The average molecular weight is 434 g/mol. The van der Waals surface area contributed by atoms with Gasteiger partial charge in [0.15, 0.2) is 0 Å². The number of amides is 1. The molecule has 1 aliphatic rings. The lowest BCUT2D eigenvalue weighted by Crippen LogP contribution is -2.30. The van der Waals surface area contributed by atoms with E-state index in [2.05, 4.69) is 34.6 Å². The summed E-state index contributed by atoms with van der Waals surface area (Å²) < 4.78 is 0. The van der Waals surface area contributed by atoms with Gasteiger partial charge in [-0.05, 0) is 53.0 Å². The van der Waals surface area contributed by atoms with Crippen LogP contribution in [-0.4, -0.2) is 28.2 Å². The van der Waals surface area contributed by atoms with Gasteiger partial charge in [0.25, 0.3) is 11.7 Å². The molecule has 0 bridgehead atoms. The molecule has 2 aromatic carbocycles. The number of aryl methyl sites for hydroxylation is 1.